The van der Waals surface area contributed by atoms with Crippen LogP contribution in [0, 0.1) is 6.92 Å². The molecule has 3 rings (SSSR count). The number of rotatable bonds is 4. The lowest BCUT2D eigenvalue weighted by Gasteiger charge is -2.25. The van der Waals surface area contributed by atoms with Gasteiger partial charge >= 0.3 is 0 Å². The second-order valence-electron chi connectivity index (χ2n) is 6.36. The Kier molecular flexibility index (Phi) is 5.42. The van der Waals surface area contributed by atoms with Gasteiger partial charge in [-0.05, 0) is 31.5 Å². The molecule has 0 radical (unpaired) electrons. The van der Waals surface area contributed by atoms with E-state index in [2.05, 4.69) is 5.10 Å². The fourth-order valence-electron chi connectivity index (χ4n) is 2.86. The molecule has 1 amide bonds. The van der Waals surface area contributed by atoms with Crippen molar-refractivity contribution in [2.24, 2.45) is 0 Å². The maximum absolute atomic E-state index is 13.0. The third-order valence-electron chi connectivity index (χ3n) is 4.57. The molecule has 0 spiro atoms. The smallest absolute Gasteiger partial charge is 0.278 e. The third-order valence-corrected chi connectivity index (χ3v) is 4.89. The molecular weight excluding hydrogens is 362 g/mol. The van der Waals surface area contributed by atoms with E-state index in [1.54, 1.807) is 26.1 Å². The van der Waals surface area contributed by atoms with E-state index in [9.17, 15) is 9.59 Å². The van der Waals surface area contributed by atoms with Crippen LogP contribution in [0.15, 0.2) is 65.5 Å². The van der Waals surface area contributed by atoms with Crippen LogP contribution in [0.3, 0.4) is 0 Å². The van der Waals surface area contributed by atoms with Gasteiger partial charge in [-0.1, -0.05) is 54.1 Å². The lowest BCUT2D eigenvalue weighted by molar-refractivity contribution is 0.0733. The van der Waals surface area contributed by atoms with Crippen molar-refractivity contribution in [3.05, 3.63) is 92.9 Å². The highest BCUT2D eigenvalue weighted by atomic mass is 35.5. The van der Waals surface area contributed by atoms with Crippen molar-refractivity contribution in [3.8, 4) is 5.69 Å². The van der Waals surface area contributed by atoms with Crippen LogP contribution < -0.4 is 5.43 Å². The molecular formula is C21H20ClN3O2. The number of carbonyl (C=O) groups excluding carboxylic acids is 1. The van der Waals surface area contributed by atoms with Crippen LogP contribution >= 0.6 is 11.6 Å². The highest BCUT2D eigenvalue weighted by Crippen LogP contribution is 2.21. The molecule has 0 aliphatic heterocycles. The van der Waals surface area contributed by atoms with E-state index in [1.165, 1.54) is 15.6 Å². The van der Waals surface area contributed by atoms with Crippen LogP contribution in [-0.4, -0.2) is 27.6 Å². The molecule has 0 aliphatic carbocycles. The lowest BCUT2D eigenvalue weighted by Crippen LogP contribution is -2.35. The second-order valence-corrected chi connectivity index (χ2v) is 6.77. The van der Waals surface area contributed by atoms with Crippen molar-refractivity contribution < 1.29 is 4.79 Å². The number of para-hydroxylation sites is 1. The zero-order chi connectivity index (χ0) is 19.6. The maximum Gasteiger partial charge on any atom is 0.278 e. The van der Waals surface area contributed by atoms with Crippen molar-refractivity contribution >= 4 is 17.5 Å². The van der Waals surface area contributed by atoms with E-state index in [0.29, 0.717) is 16.4 Å². The summed E-state index contributed by atoms with van der Waals surface area (Å²) in [5, 5.41) is 4.82. The maximum atomic E-state index is 13.0. The van der Waals surface area contributed by atoms with Gasteiger partial charge in [-0.3, -0.25) is 9.59 Å². The fourth-order valence-corrected chi connectivity index (χ4v) is 3.08. The molecule has 0 aliphatic rings. The summed E-state index contributed by atoms with van der Waals surface area (Å²) in [4.78, 5) is 27.0. The summed E-state index contributed by atoms with van der Waals surface area (Å²) in [6.45, 7) is 3.66. The van der Waals surface area contributed by atoms with Gasteiger partial charge in [0.15, 0.2) is 5.69 Å². The standard InChI is InChI=1S/C21H20ClN3O2/c1-14-13-19(26)20(23-25(14)18-12-8-7-11-17(18)22)21(27)24(3)15(2)16-9-5-4-6-10-16/h4-13,15H,1-3H3. The first kappa shape index (κ1) is 18.9. The van der Waals surface area contributed by atoms with E-state index < -0.39 is 11.3 Å². The van der Waals surface area contributed by atoms with Gasteiger partial charge in [0, 0.05) is 18.8 Å². The van der Waals surface area contributed by atoms with Crippen LogP contribution in [0.4, 0.5) is 0 Å². The molecule has 1 atom stereocenters. The Balaban J connectivity index is 2.01. The van der Waals surface area contributed by atoms with Gasteiger partial charge in [0.05, 0.1) is 16.8 Å². The predicted octanol–water partition coefficient (Wildman–Crippen LogP) is 4.03. The van der Waals surface area contributed by atoms with Crippen LogP contribution in [0.1, 0.15) is 34.7 Å². The van der Waals surface area contributed by atoms with E-state index in [1.807, 2.05) is 49.4 Å². The van der Waals surface area contributed by atoms with Crippen LogP contribution in [0.2, 0.25) is 5.02 Å². The number of hydrogen-bond donors (Lipinski definition) is 0. The topological polar surface area (TPSA) is 55.2 Å². The molecule has 0 saturated carbocycles. The molecule has 0 saturated heterocycles. The van der Waals surface area contributed by atoms with Crippen molar-refractivity contribution in [2.45, 2.75) is 19.9 Å². The number of benzene rings is 2. The summed E-state index contributed by atoms with van der Waals surface area (Å²) in [7, 11) is 1.67. The lowest BCUT2D eigenvalue weighted by atomic mass is 10.1. The molecule has 0 fully saturated rings. The number of halogens is 1. The van der Waals surface area contributed by atoms with Crippen molar-refractivity contribution in [2.75, 3.05) is 7.05 Å². The number of carbonyl (C=O) groups is 1. The van der Waals surface area contributed by atoms with Gasteiger partial charge in [-0.15, -0.1) is 0 Å². The highest BCUT2D eigenvalue weighted by Gasteiger charge is 2.23. The number of amides is 1. The number of nitrogens with zero attached hydrogens (tertiary/aromatic N) is 3. The molecule has 3 aromatic rings. The normalized spacial score (nSPS) is 11.9. The summed E-state index contributed by atoms with van der Waals surface area (Å²) in [6.07, 6.45) is 0. The molecule has 2 aromatic carbocycles. The Morgan fingerprint density at radius 3 is 2.41 bits per heavy atom. The first-order valence-corrected chi connectivity index (χ1v) is 8.96. The van der Waals surface area contributed by atoms with Crippen LogP contribution in [0.25, 0.3) is 5.69 Å². The molecule has 1 heterocycles. The van der Waals surface area contributed by atoms with Crippen molar-refractivity contribution in [1.29, 1.82) is 0 Å². The largest absolute Gasteiger partial charge is 0.333 e. The number of aromatic nitrogens is 2. The van der Waals surface area contributed by atoms with Crippen molar-refractivity contribution in [1.82, 2.24) is 14.7 Å². The minimum atomic E-state index is -0.433. The monoisotopic (exact) mass is 381 g/mol. The predicted molar refractivity (Wildman–Crippen MR) is 107 cm³/mol. The fraction of sp³-hybridized carbons (Fsp3) is 0.190. The Morgan fingerprint density at radius 1 is 1.11 bits per heavy atom. The quantitative estimate of drug-likeness (QED) is 0.685. The molecule has 0 bridgehead atoms. The van der Waals surface area contributed by atoms with E-state index in [-0.39, 0.29) is 11.7 Å². The Labute approximate surface area is 162 Å². The average molecular weight is 382 g/mol. The summed E-state index contributed by atoms with van der Waals surface area (Å²) in [5.74, 6) is -0.433. The Morgan fingerprint density at radius 2 is 1.74 bits per heavy atom. The van der Waals surface area contributed by atoms with Gasteiger partial charge in [0.25, 0.3) is 5.91 Å². The van der Waals surface area contributed by atoms with E-state index in [0.717, 1.165) is 5.56 Å². The first-order valence-electron chi connectivity index (χ1n) is 8.58. The van der Waals surface area contributed by atoms with E-state index in [4.69, 9.17) is 11.6 Å². The van der Waals surface area contributed by atoms with Gasteiger partial charge in [-0.25, -0.2) is 4.68 Å². The summed E-state index contributed by atoms with van der Waals surface area (Å²) in [6, 6.07) is 18.0. The first-order chi connectivity index (χ1) is 12.9. The zero-order valence-corrected chi connectivity index (χ0v) is 16.1. The number of hydrogen-bond acceptors (Lipinski definition) is 3. The Hall–Kier alpha value is -2.92. The number of aryl methyl sites for hydroxylation is 1. The van der Waals surface area contributed by atoms with Gasteiger partial charge in [-0.2, -0.15) is 5.10 Å². The SMILES string of the molecule is Cc1cc(=O)c(C(=O)N(C)C(C)c2ccccc2)nn1-c1ccccc1Cl. The van der Waals surface area contributed by atoms with Crippen LogP contribution in [-0.2, 0) is 0 Å². The molecule has 138 valence electrons. The molecule has 0 N–H and O–H groups in total. The van der Waals surface area contributed by atoms with Gasteiger partial charge < -0.3 is 4.90 Å². The van der Waals surface area contributed by atoms with Crippen LogP contribution in [0.5, 0.6) is 0 Å². The summed E-state index contributed by atoms with van der Waals surface area (Å²) < 4.78 is 1.53. The zero-order valence-electron chi connectivity index (χ0n) is 15.4. The average Bonchev–Trinajstić information content (AvgIpc) is 2.68. The molecule has 6 heteroatoms. The molecule has 5 nitrogen and oxygen atoms in total. The minimum absolute atomic E-state index is 0.134. The summed E-state index contributed by atoms with van der Waals surface area (Å²) in [5.41, 5.74) is 1.65. The van der Waals surface area contributed by atoms with E-state index >= 15 is 0 Å². The minimum Gasteiger partial charge on any atom is -0.333 e. The van der Waals surface area contributed by atoms with Gasteiger partial charge in [0.1, 0.15) is 0 Å². The van der Waals surface area contributed by atoms with Gasteiger partial charge in [0.2, 0.25) is 5.43 Å². The molecule has 27 heavy (non-hydrogen) atoms. The molecule has 1 unspecified atom stereocenters. The second kappa shape index (κ2) is 7.76. The Bertz CT molecular complexity index is 1030. The highest BCUT2D eigenvalue weighted by molar-refractivity contribution is 6.32. The summed E-state index contributed by atoms with van der Waals surface area (Å²) >= 11 is 6.26. The van der Waals surface area contributed by atoms with Crippen molar-refractivity contribution in [3.63, 3.8) is 0 Å². The third kappa shape index (κ3) is 3.78. The molecule has 1 aromatic heterocycles.